The third-order valence-corrected chi connectivity index (χ3v) is 7.94. The number of carbonyl (C=O) groups excluding carboxylic acids is 1. The summed E-state index contributed by atoms with van der Waals surface area (Å²) in [5, 5.41) is 0. The molecule has 1 aliphatic rings. The molecule has 1 unspecified atom stereocenters. The molecule has 0 saturated carbocycles. The Morgan fingerprint density at radius 2 is 1.84 bits per heavy atom. The van der Waals surface area contributed by atoms with E-state index in [4.69, 9.17) is 9.47 Å². The minimum Gasteiger partial charge on any atom is -0.497 e. The summed E-state index contributed by atoms with van der Waals surface area (Å²) in [5.41, 5.74) is 3.76. The molecule has 1 atom stereocenters. The second-order valence-electron chi connectivity index (χ2n) is 9.71. The Morgan fingerprint density at radius 1 is 1.08 bits per heavy atom. The highest BCUT2D eigenvalue weighted by atomic mass is 32.2. The van der Waals surface area contributed by atoms with E-state index < -0.39 is 10.0 Å². The molecule has 3 aromatic carbocycles. The number of methoxy groups -OCH3 is 1. The monoisotopic (exact) mass is 537 g/mol. The van der Waals surface area contributed by atoms with E-state index in [0.29, 0.717) is 36.7 Å². The first kappa shape index (κ1) is 27.5. The molecule has 0 aliphatic carbocycles. The summed E-state index contributed by atoms with van der Waals surface area (Å²) in [6.45, 7) is 3.42. The van der Waals surface area contributed by atoms with Crippen molar-refractivity contribution in [2.45, 2.75) is 37.3 Å². The van der Waals surface area contributed by atoms with Gasteiger partial charge in [-0.2, -0.15) is 0 Å². The number of carbonyl (C=O) groups is 1. The van der Waals surface area contributed by atoms with Crippen LogP contribution in [-0.4, -0.2) is 59.7 Å². The molecule has 1 heterocycles. The molecule has 0 spiro atoms. The normalized spacial score (nSPS) is 15.2. The van der Waals surface area contributed by atoms with E-state index in [1.165, 1.54) is 19.2 Å². The Morgan fingerprint density at radius 3 is 2.47 bits per heavy atom. The Hall–Kier alpha value is -3.56. The number of hydrogen-bond donors (Lipinski definition) is 1. The zero-order valence-electron chi connectivity index (χ0n) is 22.3. The highest BCUT2D eigenvalue weighted by Gasteiger charge is 2.25. The van der Waals surface area contributed by atoms with Gasteiger partial charge in [0.1, 0.15) is 5.75 Å². The SMILES string of the molecule is COc1ccc(S(=O)(=O)Nc2ccc(N(C)C)c(CN(CC3CCCO3)C(=O)c3cccc(C)c3)c2)cc1. The van der Waals surface area contributed by atoms with Crippen molar-refractivity contribution in [1.29, 1.82) is 0 Å². The molecular formula is C29H35N3O5S. The van der Waals surface area contributed by atoms with Gasteiger partial charge < -0.3 is 19.3 Å². The molecule has 1 N–H and O–H groups in total. The molecule has 1 fully saturated rings. The van der Waals surface area contributed by atoms with Crippen LogP contribution in [0.1, 0.15) is 34.3 Å². The minimum atomic E-state index is -3.82. The second-order valence-corrected chi connectivity index (χ2v) is 11.4. The molecule has 1 amide bonds. The topological polar surface area (TPSA) is 88.2 Å². The number of sulfonamides is 1. The second kappa shape index (κ2) is 11.9. The van der Waals surface area contributed by atoms with E-state index in [9.17, 15) is 13.2 Å². The zero-order chi connectivity index (χ0) is 27.3. The third kappa shape index (κ3) is 6.65. The van der Waals surface area contributed by atoms with Gasteiger partial charge in [0.15, 0.2) is 0 Å². The summed E-state index contributed by atoms with van der Waals surface area (Å²) in [6, 6.07) is 19.2. The van der Waals surface area contributed by atoms with E-state index >= 15 is 0 Å². The molecule has 0 aromatic heterocycles. The fourth-order valence-corrected chi connectivity index (χ4v) is 5.65. The maximum absolute atomic E-state index is 13.7. The van der Waals surface area contributed by atoms with Gasteiger partial charge in [-0.15, -0.1) is 0 Å². The van der Waals surface area contributed by atoms with Gasteiger partial charge >= 0.3 is 0 Å². The van der Waals surface area contributed by atoms with Crippen LogP contribution >= 0.6 is 0 Å². The number of rotatable bonds is 10. The summed E-state index contributed by atoms with van der Waals surface area (Å²) in [5.74, 6) is 0.490. The molecule has 0 radical (unpaired) electrons. The average Bonchev–Trinajstić information content (AvgIpc) is 3.41. The Kier molecular flexibility index (Phi) is 8.58. The van der Waals surface area contributed by atoms with Gasteiger partial charge in [-0.3, -0.25) is 9.52 Å². The molecule has 9 heteroatoms. The lowest BCUT2D eigenvalue weighted by Gasteiger charge is -2.28. The first-order chi connectivity index (χ1) is 18.2. The largest absolute Gasteiger partial charge is 0.497 e. The summed E-state index contributed by atoms with van der Waals surface area (Å²) in [7, 11) is 1.56. The van der Waals surface area contributed by atoms with Crippen molar-refractivity contribution in [1.82, 2.24) is 4.90 Å². The van der Waals surface area contributed by atoms with Gasteiger partial charge in [0, 0.05) is 50.7 Å². The van der Waals surface area contributed by atoms with Gasteiger partial charge in [0.2, 0.25) is 0 Å². The van der Waals surface area contributed by atoms with E-state index in [1.54, 1.807) is 29.2 Å². The molecule has 0 bridgehead atoms. The maximum Gasteiger partial charge on any atom is 0.261 e. The van der Waals surface area contributed by atoms with Gasteiger partial charge in [0.05, 0.1) is 18.1 Å². The average molecular weight is 538 g/mol. The molecule has 8 nitrogen and oxygen atoms in total. The Labute approximate surface area is 225 Å². The van der Waals surface area contributed by atoms with Crippen LogP contribution < -0.4 is 14.4 Å². The smallest absolute Gasteiger partial charge is 0.261 e. The lowest BCUT2D eigenvalue weighted by atomic mass is 10.1. The van der Waals surface area contributed by atoms with Crippen molar-refractivity contribution in [3.8, 4) is 5.75 Å². The zero-order valence-corrected chi connectivity index (χ0v) is 23.1. The number of anilines is 2. The number of aryl methyl sites for hydroxylation is 1. The molecule has 1 aliphatic heterocycles. The fraction of sp³-hybridized carbons (Fsp3) is 0.345. The third-order valence-electron chi connectivity index (χ3n) is 6.54. The van der Waals surface area contributed by atoms with E-state index in [1.807, 2.05) is 56.3 Å². The number of amides is 1. The van der Waals surface area contributed by atoms with Crippen LogP contribution in [0.2, 0.25) is 0 Å². The van der Waals surface area contributed by atoms with E-state index in [-0.39, 0.29) is 16.9 Å². The van der Waals surface area contributed by atoms with Crippen molar-refractivity contribution in [2.75, 3.05) is 44.0 Å². The van der Waals surface area contributed by atoms with Gasteiger partial charge in [-0.25, -0.2) is 8.42 Å². The minimum absolute atomic E-state index is 0.0247. The van der Waals surface area contributed by atoms with Crippen LogP contribution in [-0.2, 0) is 21.3 Å². The molecule has 4 rings (SSSR count). The molecule has 1 saturated heterocycles. The van der Waals surface area contributed by atoms with Gasteiger partial charge in [-0.05, 0) is 79.9 Å². The number of benzene rings is 3. The van der Waals surface area contributed by atoms with Crippen molar-refractivity contribution in [2.24, 2.45) is 0 Å². The van der Waals surface area contributed by atoms with E-state index in [0.717, 1.165) is 29.7 Å². The predicted octanol–water partition coefficient (Wildman–Crippen LogP) is 4.69. The molecule has 3 aromatic rings. The number of hydrogen-bond acceptors (Lipinski definition) is 6. The van der Waals surface area contributed by atoms with Gasteiger partial charge in [0.25, 0.3) is 15.9 Å². The first-order valence-corrected chi connectivity index (χ1v) is 14.1. The predicted molar refractivity (Wildman–Crippen MR) is 149 cm³/mol. The lowest BCUT2D eigenvalue weighted by molar-refractivity contribution is 0.0507. The Bertz CT molecular complexity index is 1370. The summed E-state index contributed by atoms with van der Waals surface area (Å²) < 4.78 is 39.8. The van der Waals surface area contributed by atoms with Crippen LogP contribution in [0.3, 0.4) is 0 Å². The standard InChI is InChI=1S/C29H35N3O5S/c1-21-7-5-8-22(17-21)29(33)32(20-26-9-6-16-37-26)19-23-18-24(10-15-28(23)31(2)3)30-38(34,35)27-13-11-25(36-4)12-14-27/h5,7-8,10-15,17-18,26,30H,6,9,16,19-20H2,1-4H3. The van der Waals surface area contributed by atoms with Crippen molar-refractivity contribution < 1.29 is 22.7 Å². The van der Waals surface area contributed by atoms with Crippen LogP contribution in [0.5, 0.6) is 5.75 Å². The van der Waals surface area contributed by atoms with Crippen LogP contribution in [0.15, 0.2) is 71.6 Å². The maximum atomic E-state index is 13.7. The van der Waals surface area contributed by atoms with Crippen molar-refractivity contribution in [3.63, 3.8) is 0 Å². The number of nitrogens with one attached hydrogen (secondary N) is 1. The summed E-state index contributed by atoms with van der Waals surface area (Å²) >= 11 is 0. The van der Waals surface area contributed by atoms with Gasteiger partial charge in [-0.1, -0.05) is 17.7 Å². The number of nitrogens with zero attached hydrogens (tertiary/aromatic N) is 2. The lowest BCUT2D eigenvalue weighted by Crippen LogP contribution is -2.37. The van der Waals surface area contributed by atoms with Crippen LogP contribution in [0.4, 0.5) is 11.4 Å². The molecule has 38 heavy (non-hydrogen) atoms. The van der Waals surface area contributed by atoms with Crippen LogP contribution in [0, 0.1) is 6.92 Å². The Balaban J connectivity index is 1.64. The molecule has 202 valence electrons. The van der Waals surface area contributed by atoms with E-state index in [2.05, 4.69) is 4.72 Å². The summed E-state index contributed by atoms with van der Waals surface area (Å²) in [6.07, 6.45) is 1.85. The highest BCUT2D eigenvalue weighted by molar-refractivity contribution is 7.92. The number of ether oxygens (including phenoxy) is 2. The van der Waals surface area contributed by atoms with Crippen molar-refractivity contribution >= 4 is 27.3 Å². The molecular weight excluding hydrogens is 502 g/mol. The van der Waals surface area contributed by atoms with Crippen LogP contribution in [0.25, 0.3) is 0 Å². The summed E-state index contributed by atoms with van der Waals surface area (Å²) in [4.78, 5) is 17.5. The van der Waals surface area contributed by atoms with Crippen molar-refractivity contribution in [3.05, 3.63) is 83.4 Å². The first-order valence-electron chi connectivity index (χ1n) is 12.6. The quantitative estimate of drug-likeness (QED) is 0.404. The highest BCUT2D eigenvalue weighted by Crippen LogP contribution is 2.28. The fourth-order valence-electron chi connectivity index (χ4n) is 4.60.